The number of hydrazine groups is 1. The maximum absolute atomic E-state index is 13.0. The van der Waals surface area contributed by atoms with E-state index in [2.05, 4.69) is 10.6 Å². The summed E-state index contributed by atoms with van der Waals surface area (Å²) in [6.45, 7) is 0.0609. The second kappa shape index (κ2) is 15.1. The van der Waals surface area contributed by atoms with E-state index in [9.17, 15) is 24.0 Å². The van der Waals surface area contributed by atoms with Crippen LogP contribution in [-0.4, -0.2) is 47.0 Å². The molecule has 1 aliphatic heterocycles. The number of nitrogens with one attached hydrogen (secondary N) is 2. The molecule has 0 radical (unpaired) electrons. The minimum Gasteiger partial charge on any atom is -0.352 e. The van der Waals surface area contributed by atoms with Crippen LogP contribution in [0, 0.1) is 23.2 Å². The van der Waals surface area contributed by atoms with Crippen molar-refractivity contribution in [1.82, 2.24) is 15.6 Å². The molecule has 1 saturated carbocycles. The van der Waals surface area contributed by atoms with E-state index in [1.165, 1.54) is 6.08 Å². The smallest absolute Gasteiger partial charge is 0.254 e. The highest BCUT2D eigenvalue weighted by atomic mass is 16.2. The van der Waals surface area contributed by atoms with E-state index >= 15 is 0 Å². The molecule has 10 heteroatoms. The predicted molar refractivity (Wildman–Crippen MR) is 147 cm³/mol. The number of Topliss-reactive ketones (excluding diaryl/α,β-unsaturated/α-hetero) is 1. The second-order valence-electron chi connectivity index (χ2n) is 9.61. The number of hydrogen-bond donors (Lipinski definition) is 3. The van der Waals surface area contributed by atoms with Gasteiger partial charge in [-0.15, -0.1) is 0 Å². The first-order valence-electron chi connectivity index (χ1n) is 13.2. The van der Waals surface area contributed by atoms with Gasteiger partial charge in [-0.25, -0.2) is 10.9 Å². The van der Waals surface area contributed by atoms with Crippen LogP contribution in [-0.2, 0) is 24.0 Å². The average molecular weight is 544 g/mol. The molecule has 2 unspecified atom stereocenters. The van der Waals surface area contributed by atoms with Crippen LogP contribution in [0.1, 0.15) is 49.7 Å². The van der Waals surface area contributed by atoms with Crippen molar-refractivity contribution in [3.05, 3.63) is 77.9 Å². The summed E-state index contributed by atoms with van der Waals surface area (Å²) in [6.07, 6.45) is 5.92. The van der Waals surface area contributed by atoms with E-state index in [1.807, 2.05) is 42.5 Å². The number of carbonyl (C=O) groups is 5. The predicted octanol–water partition coefficient (Wildman–Crippen LogP) is 2.26. The monoisotopic (exact) mass is 543 g/mol. The standard InChI is InChI=1S/C24H27N5O5.C6H6/c25-14-16-7-5-15(6-8-16)9-10-19(30)27-12-11-20(31)28-22(17-3-1-2-4-17)23(33)18-13-21(32)29(26)24(18)34;1-2-4-6-5-3-1/h5-10,17-18,22H,1-4,11-13,26H2,(H,27,30)(H,28,31);1-6H/b10-9+;. The molecule has 4 amide bonds. The Morgan fingerprint density at radius 2 is 1.62 bits per heavy atom. The van der Waals surface area contributed by atoms with Crippen LogP contribution in [0.4, 0.5) is 0 Å². The van der Waals surface area contributed by atoms with Gasteiger partial charge in [0.15, 0.2) is 5.78 Å². The van der Waals surface area contributed by atoms with E-state index in [0.29, 0.717) is 10.6 Å². The Balaban J connectivity index is 0.000000649. The van der Waals surface area contributed by atoms with Gasteiger partial charge >= 0.3 is 0 Å². The summed E-state index contributed by atoms with van der Waals surface area (Å²) in [6, 6.07) is 19.9. The summed E-state index contributed by atoms with van der Waals surface area (Å²) >= 11 is 0. The fourth-order valence-electron chi connectivity index (χ4n) is 4.63. The highest BCUT2D eigenvalue weighted by Crippen LogP contribution is 2.31. The minimum absolute atomic E-state index is 0.0481. The Labute approximate surface area is 233 Å². The van der Waals surface area contributed by atoms with Gasteiger partial charge < -0.3 is 10.6 Å². The lowest BCUT2D eigenvalue weighted by atomic mass is 9.87. The van der Waals surface area contributed by atoms with Gasteiger partial charge in [0.2, 0.25) is 17.7 Å². The Morgan fingerprint density at radius 3 is 2.15 bits per heavy atom. The quantitative estimate of drug-likeness (QED) is 0.144. The van der Waals surface area contributed by atoms with Crippen LogP contribution in [0.15, 0.2) is 66.7 Å². The van der Waals surface area contributed by atoms with E-state index in [1.54, 1.807) is 30.3 Å². The van der Waals surface area contributed by atoms with Crippen LogP contribution >= 0.6 is 0 Å². The molecule has 1 saturated heterocycles. The zero-order valence-corrected chi connectivity index (χ0v) is 22.1. The second-order valence-corrected chi connectivity index (χ2v) is 9.61. The molecule has 4 N–H and O–H groups in total. The summed E-state index contributed by atoms with van der Waals surface area (Å²) in [5.41, 5.74) is 1.27. The molecular weight excluding hydrogens is 510 g/mol. The third kappa shape index (κ3) is 8.71. The minimum atomic E-state index is -1.17. The highest BCUT2D eigenvalue weighted by Gasteiger charge is 2.46. The van der Waals surface area contributed by atoms with E-state index in [-0.39, 0.29) is 25.3 Å². The maximum atomic E-state index is 13.0. The average Bonchev–Trinajstić information content (AvgIpc) is 3.61. The van der Waals surface area contributed by atoms with Gasteiger partial charge in [0, 0.05) is 25.5 Å². The molecule has 208 valence electrons. The third-order valence-corrected chi connectivity index (χ3v) is 6.81. The Bertz CT molecular complexity index is 1240. The van der Waals surface area contributed by atoms with E-state index in [0.717, 1.165) is 31.2 Å². The van der Waals surface area contributed by atoms with Gasteiger partial charge in [-0.3, -0.25) is 24.0 Å². The summed E-state index contributed by atoms with van der Waals surface area (Å²) in [7, 11) is 0. The van der Waals surface area contributed by atoms with Crippen LogP contribution < -0.4 is 16.5 Å². The molecule has 0 aromatic heterocycles. The van der Waals surface area contributed by atoms with Gasteiger partial charge in [-0.05, 0) is 42.5 Å². The zero-order chi connectivity index (χ0) is 28.9. The van der Waals surface area contributed by atoms with Crippen LogP contribution in [0.3, 0.4) is 0 Å². The number of hydrogen-bond acceptors (Lipinski definition) is 7. The SMILES string of the molecule is N#Cc1ccc(/C=C/C(=O)NCCC(=O)NC(C(=O)C2CC(=O)N(N)C2=O)C2CCCC2)cc1.c1ccccc1. The molecule has 1 aliphatic carbocycles. The fourth-order valence-corrected chi connectivity index (χ4v) is 4.63. The normalized spacial score (nSPS) is 17.6. The molecule has 4 rings (SSSR count). The third-order valence-electron chi connectivity index (χ3n) is 6.81. The van der Waals surface area contributed by atoms with Crippen molar-refractivity contribution in [3.63, 3.8) is 0 Å². The lowest BCUT2D eigenvalue weighted by molar-refractivity contribution is -0.142. The summed E-state index contributed by atoms with van der Waals surface area (Å²) in [5, 5.41) is 14.6. The molecule has 2 atom stereocenters. The number of benzene rings is 2. The maximum Gasteiger partial charge on any atom is 0.254 e. The molecular formula is C30H33N5O5. The van der Waals surface area contributed by atoms with Crippen molar-refractivity contribution < 1.29 is 24.0 Å². The molecule has 10 nitrogen and oxygen atoms in total. The van der Waals surface area contributed by atoms with Gasteiger partial charge in [-0.1, -0.05) is 61.4 Å². The Hall–Kier alpha value is -4.62. The van der Waals surface area contributed by atoms with Crippen molar-refractivity contribution in [3.8, 4) is 6.07 Å². The first-order chi connectivity index (χ1) is 19.3. The number of nitriles is 1. The molecule has 2 aliphatic rings. The molecule has 40 heavy (non-hydrogen) atoms. The number of rotatable bonds is 9. The summed E-state index contributed by atoms with van der Waals surface area (Å²) in [4.78, 5) is 61.5. The van der Waals surface area contributed by atoms with Crippen molar-refractivity contribution >= 4 is 35.5 Å². The molecule has 2 fully saturated rings. The lowest BCUT2D eigenvalue weighted by Gasteiger charge is -2.25. The van der Waals surface area contributed by atoms with Crippen LogP contribution in [0.2, 0.25) is 0 Å². The van der Waals surface area contributed by atoms with Gasteiger partial charge in [0.05, 0.1) is 17.7 Å². The van der Waals surface area contributed by atoms with Crippen molar-refractivity contribution in [2.45, 2.75) is 44.6 Å². The Kier molecular flexibility index (Phi) is 11.3. The molecule has 2 aromatic carbocycles. The van der Waals surface area contributed by atoms with E-state index in [4.69, 9.17) is 11.1 Å². The van der Waals surface area contributed by atoms with Gasteiger partial charge in [0.1, 0.15) is 5.92 Å². The lowest BCUT2D eigenvalue weighted by Crippen LogP contribution is -2.50. The number of nitrogens with two attached hydrogens (primary N) is 1. The van der Waals surface area contributed by atoms with Gasteiger partial charge in [-0.2, -0.15) is 5.26 Å². The fraction of sp³-hybridized carbons (Fsp3) is 0.333. The van der Waals surface area contributed by atoms with E-state index < -0.39 is 41.4 Å². The molecule has 1 heterocycles. The topological polar surface area (TPSA) is 162 Å². The first-order valence-corrected chi connectivity index (χ1v) is 13.2. The number of amides is 4. The number of carbonyl (C=O) groups excluding carboxylic acids is 5. The van der Waals surface area contributed by atoms with Crippen LogP contribution in [0.25, 0.3) is 6.08 Å². The number of ketones is 1. The first kappa shape index (κ1) is 29.9. The Morgan fingerprint density at radius 1 is 1.02 bits per heavy atom. The molecule has 2 aromatic rings. The molecule has 0 bridgehead atoms. The zero-order valence-electron chi connectivity index (χ0n) is 22.1. The number of imide groups is 1. The number of nitrogens with zero attached hydrogens (tertiary/aromatic N) is 2. The van der Waals surface area contributed by atoms with Crippen molar-refractivity contribution in [2.75, 3.05) is 6.54 Å². The van der Waals surface area contributed by atoms with Crippen molar-refractivity contribution in [2.24, 2.45) is 17.7 Å². The van der Waals surface area contributed by atoms with Crippen molar-refractivity contribution in [1.29, 1.82) is 5.26 Å². The van der Waals surface area contributed by atoms with Crippen LogP contribution in [0.5, 0.6) is 0 Å². The summed E-state index contributed by atoms with van der Waals surface area (Å²) in [5.74, 6) is 1.48. The molecule has 0 spiro atoms. The summed E-state index contributed by atoms with van der Waals surface area (Å²) < 4.78 is 0. The largest absolute Gasteiger partial charge is 0.352 e. The highest BCUT2D eigenvalue weighted by molar-refractivity contribution is 6.15. The van der Waals surface area contributed by atoms with Gasteiger partial charge in [0.25, 0.3) is 5.91 Å².